The fourth-order valence-electron chi connectivity index (χ4n) is 2.14. The quantitative estimate of drug-likeness (QED) is 0.861. The molecule has 1 heterocycles. The summed E-state index contributed by atoms with van der Waals surface area (Å²) >= 11 is 6.05. The van der Waals surface area contributed by atoms with E-state index in [-0.39, 0.29) is 12.0 Å². The molecule has 1 saturated heterocycles. The van der Waals surface area contributed by atoms with Crippen molar-refractivity contribution in [3.8, 4) is 0 Å². The van der Waals surface area contributed by atoms with Crippen LogP contribution in [0.15, 0.2) is 18.2 Å². The van der Waals surface area contributed by atoms with Crippen LogP contribution in [0.5, 0.6) is 0 Å². The third-order valence-electron chi connectivity index (χ3n) is 3.21. The van der Waals surface area contributed by atoms with E-state index in [9.17, 15) is 5.11 Å². The molecule has 0 saturated carbocycles. The molecule has 0 radical (unpaired) electrons. The minimum absolute atomic E-state index is 0.189. The third-order valence-corrected chi connectivity index (χ3v) is 3.62. The van der Waals surface area contributed by atoms with Crippen molar-refractivity contribution in [3.05, 3.63) is 34.3 Å². The molecule has 16 heavy (non-hydrogen) atoms. The Hall–Kier alpha value is -0.570. The second-order valence-electron chi connectivity index (χ2n) is 4.59. The molecule has 1 aliphatic heterocycles. The molecule has 1 aromatic carbocycles. The summed E-state index contributed by atoms with van der Waals surface area (Å²) < 4.78 is 5.47. The Kier molecular flexibility index (Phi) is 3.53. The fourth-order valence-corrected chi connectivity index (χ4v) is 2.32. The summed E-state index contributed by atoms with van der Waals surface area (Å²) in [5.74, 6) is 0.189. The molecule has 1 fully saturated rings. The van der Waals surface area contributed by atoms with Gasteiger partial charge in [0.1, 0.15) is 0 Å². The normalized spacial score (nSPS) is 27.0. The van der Waals surface area contributed by atoms with Crippen LogP contribution in [0.1, 0.15) is 30.6 Å². The molecule has 1 N–H and O–H groups in total. The Balaban J connectivity index is 2.14. The summed E-state index contributed by atoms with van der Waals surface area (Å²) in [5.41, 5.74) is 1.92. The van der Waals surface area contributed by atoms with E-state index in [4.69, 9.17) is 16.3 Å². The van der Waals surface area contributed by atoms with Gasteiger partial charge in [-0.3, -0.25) is 0 Å². The molecule has 3 heteroatoms. The molecule has 88 valence electrons. The van der Waals surface area contributed by atoms with Gasteiger partial charge in [0.15, 0.2) is 0 Å². The lowest BCUT2D eigenvalue weighted by Gasteiger charge is -2.17. The van der Waals surface area contributed by atoms with Gasteiger partial charge in [0.25, 0.3) is 0 Å². The molecule has 3 atom stereocenters. The van der Waals surface area contributed by atoms with Crippen molar-refractivity contribution >= 4 is 11.6 Å². The van der Waals surface area contributed by atoms with Gasteiger partial charge in [-0.2, -0.15) is 0 Å². The minimum atomic E-state index is -0.469. The maximum atomic E-state index is 10.2. The van der Waals surface area contributed by atoms with Crippen LogP contribution in [0, 0.1) is 12.8 Å². The smallest absolute Gasteiger partial charge is 0.0841 e. The van der Waals surface area contributed by atoms with Gasteiger partial charge in [-0.05, 0) is 37.5 Å². The zero-order valence-electron chi connectivity index (χ0n) is 9.61. The number of aliphatic hydroxyl groups excluding tert-OH is 1. The number of ether oxygens (including phenoxy) is 1. The number of rotatable bonds is 2. The summed E-state index contributed by atoms with van der Waals surface area (Å²) in [4.78, 5) is 0. The van der Waals surface area contributed by atoms with Crippen molar-refractivity contribution in [2.24, 2.45) is 5.92 Å². The molecule has 2 nitrogen and oxygen atoms in total. The van der Waals surface area contributed by atoms with Gasteiger partial charge in [-0.15, -0.1) is 0 Å². The molecule has 0 aromatic heterocycles. The Morgan fingerprint density at radius 2 is 2.25 bits per heavy atom. The van der Waals surface area contributed by atoms with E-state index >= 15 is 0 Å². The molecule has 0 spiro atoms. The highest BCUT2D eigenvalue weighted by Gasteiger charge is 2.29. The van der Waals surface area contributed by atoms with E-state index in [0.29, 0.717) is 11.6 Å². The third kappa shape index (κ3) is 2.40. The lowest BCUT2D eigenvalue weighted by Crippen LogP contribution is -2.12. The van der Waals surface area contributed by atoms with Crippen LogP contribution in [0.4, 0.5) is 0 Å². The molecule has 1 aliphatic rings. The Labute approximate surface area is 101 Å². The highest BCUT2D eigenvalue weighted by molar-refractivity contribution is 6.31. The van der Waals surface area contributed by atoms with E-state index in [0.717, 1.165) is 17.5 Å². The number of hydrogen-bond acceptors (Lipinski definition) is 2. The maximum Gasteiger partial charge on any atom is 0.0841 e. The lowest BCUT2D eigenvalue weighted by atomic mass is 9.93. The van der Waals surface area contributed by atoms with Gasteiger partial charge in [0.05, 0.1) is 18.8 Å². The summed E-state index contributed by atoms with van der Waals surface area (Å²) in [6.07, 6.45) is 0.691. The van der Waals surface area contributed by atoms with Crippen molar-refractivity contribution in [2.75, 3.05) is 6.61 Å². The van der Waals surface area contributed by atoms with Crippen molar-refractivity contribution in [3.63, 3.8) is 0 Å². The molecule has 3 unspecified atom stereocenters. The lowest BCUT2D eigenvalue weighted by molar-refractivity contribution is 0.0804. The molecular weight excluding hydrogens is 224 g/mol. The molecule has 0 amide bonds. The van der Waals surface area contributed by atoms with E-state index in [1.54, 1.807) is 0 Å². The first-order valence-electron chi connectivity index (χ1n) is 5.63. The van der Waals surface area contributed by atoms with Crippen molar-refractivity contribution < 1.29 is 9.84 Å². The van der Waals surface area contributed by atoms with E-state index in [1.165, 1.54) is 0 Å². The molecule has 1 aromatic rings. The SMILES string of the molecule is Cc1ccc(C(O)C2COC(C)C2)cc1Cl. The number of halogens is 1. The average molecular weight is 241 g/mol. The molecular formula is C13H17ClO2. The predicted octanol–water partition coefficient (Wildman–Crippen LogP) is 3.11. The standard InChI is InChI=1S/C13H17ClO2/c1-8-3-4-10(6-12(8)14)13(15)11-5-9(2)16-7-11/h3-4,6,9,11,13,15H,5,7H2,1-2H3. The largest absolute Gasteiger partial charge is 0.388 e. The zero-order chi connectivity index (χ0) is 11.7. The van der Waals surface area contributed by atoms with Crippen LogP contribution in [0.3, 0.4) is 0 Å². The average Bonchev–Trinajstić information content (AvgIpc) is 2.68. The van der Waals surface area contributed by atoms with Crippen LogP contribution in [0.25, 0.3) is 0 Å². The second-order valence-corrected chi connectivity index (χ2v) is 5.00. The van der Waals surface area contributed by atoms with E-state index in [2.05, 4.69) is 0 Å². The first-order chi connectivity index (χ1) is 7.58. The Morgan fingerprint density at radius 3 is 2.81 bits per heavy atom. The summed E-state index contributed by atoms with van der Waals surface area (Å²) in [7, 11) is 0. The second kappa shape index (κ2) is 4.74. The summed E-state index contributed by atoms with van der Waals surface area (Å²) in [5, 5.41) is 10.9. The van der Waals surface area contributed by atoms with Crippen molar-refractivity contribution in [1.82, 2.24) is 0 Å². The highest BCUT2D eigenvalue weighted by Crippen LogP contribution is 2.32. The number of aliphatic hydroxyl groups is 1. The minimum Gasteiger partial charge on any atom is -0.388 e. The Bertz CT molecular complexity index is 378. The van der Waals surface area contributed by atoms with Gasteiger partial charge < -0.3 is 9.84 Å². The number of hydrogen-bond donors (Lipinski definition) is 1. The maximum absolute atomic E-state index is 10.2. The van der Waals surface area contributed by atoms with Gasteiger partial charge in [0.2, 0.25) is 0 Å². The van der Waals surface area contributed by atoms with Crippen LogP contribution >= 0.6 is 11.6 Å². The van der Waals surface area contributed by atoms with Crippen LogP contribution in [-0.4, -0.2) is 17.8 Å². The summed E-state index contributed by atoms with van der Waals surface area (Å²) in [6.45, 7) is 4.63. The van der Waals surface area contributed by atoms with Gasteiger partial charge >= 0.3 is 0 Å². The number of benzene rings is 1. The van der Waals surface area contributed by atoms with Crippen molar-refractivity contribution in [2.45, 2.75) is 32.5 Å². The van der Waals surface area contributed by atoms with Gasteiger partial charge in [-0.25, -0.2) is 0 Å². The fraction of sp³-hybridized carbons (Fsp3) is 0.538. The summed E-state index contributed by atoms with van der Waals surface area (Å²) in [6, 6.07) is 5.74. The predicted molar refractivity (Wildman–Crippen MR) is 64.7 cm³/mol. The van der Waals surface area contributed by atoms with Crippen molar-refractivity contribution in [1.29, 1.82) is 0 Å². The molecule has 2 rings (SSSR count). The first-order valence-corrected chi connectivity index (χ1v) is 6.01. The van der Waals surface area contributed by atoms with Crippen LogP contribution in [0.2, 0.25) is 5.02 Å². The van der Waals surface area contributed by atoms with E-state index in [1.807, 2.05) is 32.0 Å². The first kappa shape index (κ1) is 11.9. The highest BCUT2D eigenvalue weighted by atomic mass is 35.5. The van der Waals surface area contributed by atoms with Gasteiger partial charge in [0, 0.05) is 10.9 Å². The topological polar surface area (TPSA) is 29.5 Å². The van der Waals surface area contributed by atoms with Crippen LogP contribution in [-0.2, 0) is 4.74 Å². The molecule has 0 bridgehead atoms. The molecule has 0 aliphatic carbocycles. The monoisotopic (exact) mass is 240 g/mol. The van der Waals surface area contributed by atoms with Crippen LogP contribution < -0.4 is 0 Å². The Morgan fingerprint density at radius 1 is 1.50 bits per heavy atom. The zero-order valence-corrected chi connectivity index (χ0v) is 10.4. The number of aryl methyl sites for hydroxylation is 1. The van der Waals surface area contributed by atoms with E-state index < -0.39 is 6.10 Å². The van der Waals surface area contributed by atoms with Gasteiger partial charge in [-0.1, -0.05) is 23.7 Å².